The molecule has 0 unspecified atom stereocenters. The number of hydrogen-bond donors (Lipinski definition) is 0. The number of thiophene rings is 1. The highest BCUT2D eigenvalue weighted by Crippen LogP contribution is 2.34. The lowest BCUT2D eigenvalue weighted by Gasteiger charge is -2.09. The van der Waals surface area contributed by atoms with Gasteiger partial charge < -0.3 is 0 Å². The molecule has 1 aliphatic rings. The Morgan fingerprint density at radius 3 is 2.67 bits per heavy atom. The van der Waals surface area contributed by atoms with Crippen molar-refractivity contribution >= 4 is 28.9 Å². The summed E-state index contributed by atoms with van der Waals surface area (Å²) in [7, 11) is 0. The van der Waals surface area contributed by atoms with Crippen LogP contribution in [-0.2, 0) is 5.75 Å². The number of rotatable bonds is 0. The van der Waals surface area contributed by atoms with Crippen molar-refractivity contribution < 1.29 is 4.79 Å². The molecule has 64 valence electrons. The minimum Gasteiger partial charge on any atom is -0.292 e. The van der Waals surface area contributed by atoms with Gasteiger partial charge in [0.2, 0.25) is 0 Å². The normalized spacial score (nSPS) is 16.3. The molecule has 1 aromatic rings. The van der Waals surface area contributed by atoms with Gasteiger partial charge in [0, 0.05) is 10.6 Å². The van der Waals surface area contributed by atoms with Gasteiger partial charge >= 0.3 is 0 Å². The van der Waals surface area contributed by atoms with E-state index in [0.29, 0.717) is 11.5 Å². The summed E-state index contributed by atoms with van der Waals surface area (Å²) >= 11 is 3.39. The SMILES string of the molecule is Cc1sc2c(c1C)CSCC2=O. The second-order valence-corrected chi connectivity index (χ2v) is 5.22. The van der Waals surface area contributed by atoms with Gasteiger partial charge in [0.25, 0.3) is 0 Å². The summed E-state index contributed by atoms with van der Waals surface area (Å²) in [4.78, 5) is 13.8. The van der Waals surface area contributed by atoms with Crippen molar-refractivity contribution in [2.75, 3.05) is 5.75 Å². The predicted molar refractivity (Wildman–Crippen MR) is 54.3 cm³/mol. The maximum Gasteiger partial charge on any atom is 0.182 e. The van der Waals surface area contributed by atoms with Crippen molar-refractivity contribution in [2.45, 2.75) is 19.6 Å². The van der Waals surface area contributed by atoms with Gasteiger partial charge in [-0.3, -0.25) is 4.79 Å². The topological polar surface area (TPSA) is 17.1 Å². The first-order chi connectivity index (χ1) is 5.70. The highest BCUT2D eigenvalue weighted by Gasteiger charge is 2.22. The standard InChI is InChI=1S/C9H10OS2/c1-5-6(2)12-9-7(5)3-11-4-8(9)10/h3-4H2,1-2H3. The first-order valence-electron chi connectivity index (χ1n) is 3.90. The number of aryl methyl sites for hydroxylation is 1. The Balaban J connectivity index is 2.60. The van der Waals surface area contributed by atoms with E-state index in [0.717, 1.165) is 10.6 Å². The van der Waals surface area contributed by atoms with Crippen LogP contribution in [-0.4, -0.2) is 11.5 Å². The highest BCUT2D eigenvalue weighted by molar-refractivity contribution is 7.99. The number of fused-ring (bicyclic) bond motifs is 1. The molecular formula is C9H10OS2. The second-order valence-electron chi connectivity index (χ2n) is 3.01. The Morgan fingerprint density at radius 1 is 1.25 bits per heavy atom. The van der Waals surface area contributed by atoms with Gasteiger partial charge in [-0.05, 0) is 25.0 Å². The van der Waals surface area contributed by atoms with Crippen molar-refractivity contribution in [1.29, 1.82) is 0 Å². The van der Waals surface area contributed by atoms with Crippen LogP contribution in [0.3, 0.4) is 0 Å². The van der Waals surface area contributed by atoms with Crippen LogP contribution in [0.2, 0.25) is 0 Å². The fourth-order valence-corrected chi connectivity index (χ4v) is 3.68. The monoisotopic (exact) mass is 198 g/mol. The average molecular weight is 198 g/mol. The number of hydrogen-bond acceptors (Lipinski definition) is 3. The van der Waals surface area contributed by atoms with Crippen molar-refractivity contribution in [3.05, 3.63) is 20.9 Å². The molecule has 1 nitrogen and oxygen atoms in total. The van der Waals surface area contributed by atoms with Gasteiger partial charge in [-0.1, -0.05) is 0 Å². The molecule has 0 bridgehead atoms. The molecule has 1 aliphatic heterocycles. The van der Waals surface area contributed by atoms with Gasteiger partial charge in [0.1, 0.15) is 0 Å². The molecule has 1 aromatic heterocycles. The van der Waals surface area contributed by atoms with Crippen molar-refractivity contribution in [3.63, 3.8) is 0 Å². The van der Waals surface area contributed by atoms with E-state index in [1.54, 1.807) is 23.1 Å². The summed E-state index contributed by atoms with van der Waals surface area (Å²) in [5.41, 5.74) is 2.62. The second kappa shape index (κ2) is 2.89. The van der Waals surface area contributed by atoms with E-state index in [1.165, 1.54) is 16.0 Å². The molecule has 3 heteroatoms. The van der Waals surface area contributed by atoms with E-state index in [2.05, 4.69) is 13.8 Å². The molecule has 0 saturated heterocycles. The molecule has 2 heterocycles. The van der Waals surface area contributed by atoms with Gasteiger partial charge in [0.15, 0.2) is 5.78 Å². The molecule has 0 N–H and O–H groups in total. The summed E-state index contributed by atoms with van der Waals surface area (Å²) in [6, 6.07) is 0. The van der Waals surface area contributed by atoms with Crippen LogP contribution in [0.4, 0.5) is 0 Å². The number of ketones is 1. The summed E-state index contributed by atoms with van der Waals surface area (Å²) in [6.45, 7) is 4.21. The molecule has 0 atom stereocenters. The van der Waals surface area contributed by atoms with E-state index in [4.69, 9.17) is 0 Å². The van der Waals surface area contributed by atoms with Crippen LogP contribution < -0.4 is 0 Å². The fraction of sp³-hybridized carbons (Fsp3) is 0.444. The van der Waals surface area contributed by atoms with E-state index < -0.39 is 0 Å². The van der Waals surface area contributed by atoms with Crippen LogP contribution in [0, 0.1) is 13.8 Å². The van der Waals surface area contributed by atoms with E-state index in [1.807, 2.05) is 0 Å². The number of thioether (sulfide) groups is 1. The molecule has 0 saturated carbocycles. The summed E-state index contributed by atoms with van der Waals surface area (Å²) in [5.74, 6) is 2.02. The lowest BCUT2D eigenvalue weighted by Crippen LogP contribution is -2.08. The summed E-state index contributed by atoms with van der Waals surface area (Å²) in [5, 5.41) is 0. The lowest BCUT2D eigenvalue weighted by atomic mass is 10.1. The molecule has 0 aromatic carbocycles. The fourth-order valence-electron chi connectivity index (χ4n) is 1.38. The largest absolute Gasteiger partial charge is 0.292 e. The Bertz CT molecular complexity index is 339. The molecule has 12 heavy (non-hydrogen) atoms. The Hall–Kier alpha value is -0.280. The van der Waals surface area contributed by atoms with E-state index >= 15 is 0 Å². The molecule has 2 rings (SSSR count). The minimum absolute atomic E-state index is 0.322. The third kappa shape index (κ3) is 1.12. The maximum atomic E-state index is 11.4. The minimum atomic E-state index is 0.322. The van der Waals surface area contributed by atoms with Gasteiger partial charge in [-0.2, -0.15) is 0 Å². The number of carbonyl (C=O) groups excluding carboxylic acids is 1. The Kier molecular flexibility index (Phi) is 2.00. The first-order valence-corrected chi connectivity index (χ1v) is 5.87. The van der Waals surface area contributed by atoms with Gasteiger partial charge in [-0.25, -0.2) is 0 Å². The third-order valence-corrected chi connectivity index (χ3v) is 4.49. The van der Waals surface area contributed by atoms with Crippen LogP contribution in [0.25, 0.3) is 0 Å². The van der Waals surface area contributed by atoms with E-state index in [9.17, 15) is 4.79 Å². The molecule has 0 aliphatic carbocycles. The third-order valence-electron chi connectivity index (χ3n) is 2.24. The smallest absolute Gasteiger partial charge is 0.182 e. The average Bonchev–Trinajstić information content (AvgIpc) is 2.32. The molecular weight excluding hydrogens is 188 g/mol. The van der Waals surface area contributed by atoms with Crippen molar-refractivity contribution in [1.82, 2.24) is 0 Å². The lowest BCUT2D eigenvalue weighted by molar-refractivity contribution is 0.102. The predicted octanol–water partition coefficient (Wildman–Crippen LogP) is 2.79. The Morgan fingerprint density at radius 2 is 2.00 bits per heavy atom. The van der Waals surface area contributed by atoms with Crippen molar-refractivity contribution in [2.24, 2.45) is 0 Å². The van der Waals surface area contributed by atoms with Crippen LogP contribution in [0.15, 0.2) is 0 Å². The zero-order chi connectivity index (χ0) is 8.72. The molecule has 0 radical (unpaired) electrons. The molecule has 0 spiro atoms. The van der Waals surface area contributed by atoms with Crippen molar-refractivity contribution in [3.8, 4) is 0 Å². The van der Waals surface area contributed by atoms with E-state index in [-0.39, 0.29) is 0 Å². The summed E-state index contributed by atoms with van der Waals surface area (Å²) in [6.07, 6.45) is 0. The zero-order valence-electron chi connectivity index (χ0n) is 7.14. The van der Waals surface area contributed by atoms with Crippen LogP contribution in [0.1, 0.15) is 25.7 Å². The van der Waals surface area contributed by atoms with Crippen LogP contribution in [0.5, 0.6) is 0 Å². The number of carbonyl (C=O) groups is 1. The van der Waals surface area contributed by atoms with Gasteiger partial charge in [0.05, 0.1) is 10.6 Å². The first kappa shape index (κ1) is 8.32. The molecule has 0 fully saturated rings. The zero-order valence-corrected chi connectivity index (χ0v) is 8.77. The number of Topliss-reactive ketones (excluding diaryl/α,β-unsaturated/α-hetero) is 1. The maximum absolute atomic E-state index is 11.4. The van der Waals surface area contributed by atoms with Gasteiger partial charge in [-0.15, -0.1) is 23.1 Å². The Labute approximate surface area is 80.2 Å². The van der Waals surface area contributed by atoms with Crippen LogP contribution >= 0.6 is 23.1 Å². The summed E-state index contributed by atoms with van der Waals surface area (Å²) < 4.78 is 0. The molecule has 0 amide bonds. The quantitative estimate of drug-likeness (QED) is 0.637. The highest BCUT2D eigenvalue weighted by atomic mass is 32.2.